The summed E-state index contributed by atoms with van der Waals surface area (Å²) in [7, 11) is 0. The Balaban J connectivity index is 2.41. The van der Waals surface area contributed by atoms with E-state index in [0.717, 1.165) is 6.08 Å². The van der Waals surface area contributed by atoms with Crippen molar-refractivity contribution in [1.82, 2.24) is 9.77 Å². The van der Waals surface area contributed by atoms with Crippen LogP contribution in [-0.4, -0.2) is 14.7 Å². The van der Waals surface area contributed by atoms with Crippen molar-refractivity contribution >= 4 is 17.8 Å². The first-order valence-corrected chi connectivity index (χ1v) is 5.98. The number of hydrogen-bond acceptors (Lipinski definition) is 4. The lowest BCUT2D eigenvalue weighted by Gasteiger charge is -2.08. The van der Waals surface area contributed by atoms with Gasteiger partial charge in [0.25, 0.3) is 5.69 Å². The number of alkyl halides is 3. The van der Waals surface area contributed by atoms with Crippen LogP contribution in [0.3, 0.4) is 0 Å². The Hall–Kier alpha value is -3.04. The normalized spacial score (nSPS) is 11.8. The molecule has 6 nitrogen and oxygen atoms in total. The molecule has 1 aromatic heterocycles. The van der Waals surface area contributed by atoms with Crippen LogP contribution in [-0.2, 0) is 6.18 Å². The van der Waals surface area contributed by atoms with E-state index in [1.54, 1.807) is 0 Å². The third kappa shape index (κ3) is 3.78. The monoisotopic (exact) mass is 329 g/mol. The number of nitrogens with zero attached hydrogens (tertiary/aromatic N) is 3. The predicted molar refractivity (Wildman–Crippen MR) is 72.0 cm³/mol. The number of aromatic nitrogens is 2. The summed E-state index contributed by atoms with van der Waals surface area (Å²) in [5.41, 5.74) is -3.84. The summed E-state index contributed by atoms with van der Waals surface area (Å²) < 4.78 is 50.9. The second-order valence-electron chi connectivity index (χ2n) is 4.31. The molecule has 23 heavy (non-hydrogen) atoms. The molecule has 0 saturated heterocycles. The van der Waals surface area contributed by atoms with E-state index >= 15 is 0 Å². The standard InChI is InChI=1S/C13H7F4N3O3/c14-13(15,16)11-7-9(18-12(21)19(11)17)5-4-8-2-1-3-10(6-8)20(22)23/h1-7H. The van der Waals surface area contributed by atoms with Gasteiger partial charge >= 0.3 is 11.9 Å². The SMILES string of the molecule is O=c1nc(C=Cc2cccc([N+](=O)[O-])c2)cc(C(F)(F)F)n1F. The van der Waals surface area contributed by atoms with Crippen LogP contribution in [0, 0.1) is 10.1 Å². The third-order valence-electron chi connectivity index (χ3n) is 2.71. The van der Waals surface area contributed by atoms with Crippen molar-refractivity contribution in [1.29, 1.82) is 0 Å². The van der Waals surface area contributed by atoms with Crippen LogP contribution < -0.4 is 5.69 Å². The number of nitro benzene ring substituents is 1. The number of benzene rings is 1. The number of hydrogen-bond donors (Lipinski definition) is 0. The molecule has 0 fully saturated rings. The fraction of sp³-hybridized carbons (Fsp3) is 0.0769. The lowest BCUT2D eigenvalue weighted by Crippen LogP contribution is -2.26. The Morgan fingerprint density at radius 1 is 1.22 bits per heavy atom. The molecular weight excluding hydrogens is 322 g/mol. The maximum Gasteiger partial charge on any atom is 0.434 e. The van der Waals surface area contributed by atoms with E-state index in [9.17, 15) is 32.6 Å². The largest absolute Gasteiger partial charge is 0.434 e. The van der Waals surface area contributed by atoms with Crippen molar-refractivity contribution in [2.75, 3.05) is 0 Å². The molecule has 1 heterocycles. The molecule has 10 heteroatoms. The quantitative estimate of drug-likeness (QED) is 0.492. The van der Waals surface area contributed by atoms with Gasteiger partial charge in [-0.05, 0) is 17.7 Å². The summed E-state index contributed by atoms with van der Waals surface area (Å²) in [5, 5.41) is 10.6. The molecule has 0 aliphatic carbocycles. The summed E-state index contributed by atoms with van der Waals surface area (Å²) in [4.78, 5) is 23.1. The van der Waals surface area contributed by atoms with Crippen molar-refractivity contribution < 1.29 is 22.6 Å². The van der Waals surface area contributed by atoms with Crippen molar-refractivity contribution in [2.45, 2.75) is 6.18 Å². The van der Waals surface area contributed by atoms with Gasteiger partial charge in [-0.15, -0.1) is 4.79 Å². The Bertz CT molecular complexity index is 843. The highest BCUT2D eigenvalue weighted by molar-refractivity contribution is 5.69. The molecule has 120 valence electrons. The second kappa shape index (κ2) is 5.99. The molecule has 2 rings (SSSR count). The zero-order chi connectivity index (χ0) is 17.2. The highest BCUT2D eigenvalue weighted by Gasteiger charge is 2.35. The molecule has 0 N–H and O–H groups in total. The maximum atomic E-state index is 13.1. The Morgan fingerprint density at radius 3 is 2.52 bits per heavy atom. The third-order valence-corrected chi connectivity index (χ3v) is 2.71. The fourth-order valence-electron chi connectivity index (χ4n) is 1.69. The summed E-state index contributed by atoms with van der Waals surface area (Å²) in [5.74, 6) is 0. The topological polar surface area (TPSA) is 78.0 Å². The van der Waals surface area contributed by atoms with E-state index < -0.39 is 33.0 Å². The summed E-state index contributed by atoms with van der Waals surface area (Å²) in [6.07, 6.45) is -2.82. The van der Waals surface area contributed by atoms with Gasteiger partial charge in [-0.2, -0.15) is 18.2 Å². The van der Waals surface area contributed by atoms with Crippen LogP contribution in [0.5, 0.6) is 0 Å². The van der Waals surface area contributed by atoms with E-state index in [2.05, 4.69) is 4.98 Å². The zero-order valence-corrected chi connectivity index (χ0v) is 11.1. The highest BCUT2D eigenvalue weighted by atomic mass is 19.4. The van der Waals surface area contributed by atoms with Crippen LogP contribution in [0.1, 0.15) is 17.0 Å². The van der Waals surface area contributed by atoms with Crippen molar-refractivity contribution in [2.24, 2.45) is 0 Å². The fourth-order valence-corrected chi connectivity index (χ4v) is 1.69. The van der Waals surface area contributed by atoms with Crippen molar-refractivity contribution in [3.05, 3.63) is 67.9 Å². The molecule has 0 atom stereocenters. The van der Waals surface area contributed by atoms with E-state index in [1.807, 2.05) is 0 Å². The molecule has 0 saturated carbocycles. The number of non-ortho nitro benzene ring substituents is 1. The summed E-state index contributed by atoms with van der Waals surface area (Å²) >= 11 is 0. The Kier molecular flexibility index (Phi) is 4.25. The Morgan fingerprint density at radius 2 is 1.91 bits per heavy atom. The minimum atomic E-state index is -5.06. The van der Waals surface area contributed by atoms with Gasteiger partial charge in [-0.25, -0.2) is 4.79 Å². The van der Waals surface area contributed by atoms with E-state index in [1.165, 1.54) is 30.3 Å². The first-order valence-electron chi connectivity index (χ1n) is 5.98. The molecule has 2 aromatic rings. The van der Waals surface area contributed by atoms with Gasteiger partial charge in [0.05, 0.1) is 10.6 Å². The van der Waals surface area contributed by atoms with Gasteiger partial charge in [-0.3, -0.25) is 10.1 Å². The van der Waals surface area contributed by atoms with Gasteiger partial charge in [0, 0.05) is 12.1 Å². The van der Waals surface area contributed by atoms with Gasteiger partial charge in [-0.1, -0.05) is 22.7 Å². The highest BCUT2D eigenvalue weighted by Crippen LogP contribution is 2.28. The predicted octanol–water partition coefficient (Wildman–Crippen LogP) is 3.07. The average molecular weight is 329 g/mol. The minimum absolute atomic E-state index is 0.213. The van der Waals surface area contributed by atoms with Gasteiger partial charge in [0.1, 0.15) is 0 Å². The minimum Gasteiger partial charge on any atom is -0.258 e. The average Bonchev–Trinajstić information content (AvgIpc) is 2.47. The first kappa shape index (κ1) is 16.3. The summed E-state index contributed by atoms with van der Waals surface area (Å²) in [6, 6.07) is 5.62. The lowest BCUT2D eigenvalue weighted by molar-refractivity contribution is -0.384. The van der Waals surface area contributed by atoms with Crippen molar-refractivity contribution in [3.8, 4) is 0 Å². The molecule has 0 unspecified atom stereocenters. The molecule has 1 aromatic carbocycles. The lowest BCUT2D eigenvalue weighted by atomic mass is 10.1. The molecule has 0 amide bonds. The molecule has 0 aliphatic heterocycles. The smallest absolute Gasteiger partial charge is 0.258 e. The van der Waals surface area contributed by atoms with Gasteiger partial charge in [0.2, 0.25) is 0 Å². The molecule has 0 spiro atoms. The zero-order valence-electron chi connectivity index (χ0n) is 11.1. The van der Waals surface area contributed by atoms with Gasteiger partial charge < -0.3 is 0 Å². The maximum absolute atomic E-state index is 13.1. The molecule has 0 bridgehead atoms. The van der Waals surface area contributed by atoms with Crippen LogP contribution in [0.15, 0.2) is 35.1 Å². The van der Waals surface area contributed by atoms with Crippen LogP contribution in [0.4, 0.5) is 23.3 Å². The molecular formula is C13H7F4N3O3. The number of halogens is 4. The van der Waals surface area contributed by atoms with E-state index in [-0.39, 0.29) is 5.69 Å². The molecule has 0 aliphatic rings. The summed E-state index contributed by atoms with van der Waals surface area (Å²) in [6.45, 7) is 0. The van der Waals surface area contributed by atoms with Crippen LogP contribution in [0.2, 0.25) is 0 Å². The number of rotatable bonds is 3. The molecule has 0 radical (unpaired) electrons. The second-order valence-corrected chi connectivity index (χ2v) is 4.31. The van der Waals surface area contributed by atoms with Gasteiger partial charge in [0.15, 0.2) is 5.69 Å². The first-order chi connectivity index (χ1) is 10.7. The Labute approximate surface area is 125 Å². The van der Waals surface area contributed by atoms with E-state index in [0.29, 0.717) is 11.6 Å². The van der Waals surface area contributed by atoms with Crippen molar-refractivity contribution in [3.63, 3.8) is 0 Å². The van der Waals surface area contributed by atoms with E-state index in [4.69, 9.17) is 0 Å². The number of nitro groups is 1. The van der Waals surface area contributed by atoms with Crippen LogP contribution in [0.25, 0.3) is 12.2 Å². The van der Waals surface area contributed by atoms with Crippen LogP contribution >= 0.6 is 0 Å².